The van der Waals surface area contributed by atoms with Gasteiger partial charge in [-0.1, -0.05) is 12.1 Å². The molecule has 2 aromatic carbocycles. The van der Waals surface area contributed by atoms with Crippen LogP contribution >= 0.6 is 11.3 Å². The van der Waals surface area contributed by atoms with E-state index in [9.17, 15) is 13.2 Å². The first-order valence-electron chi connectivity index (χ1n) is 8.30. The van der Waals surface area contributed by atoms with E-state index in [0.717, 1.165) is 23.1 Å². The topological polar surface area (TPSA) is 76.1 Å². The molecule has 140 valence electrons. The highest BCUT2D eigenvalue weighted by Crippen LogP contribution is 2.29. The smallest absolute Gasteiger partial charge is 0.257 e. The van der Waals surface area contributed by atoms with Gasteiger partial charge in [0, 0.05) is 22.8 Å². The Bertz CT molecular complexity index is 1130. The molecule has 0 spiro atoms. The van der Waals surface area contributed by atoms with E-state index in [1.54, 1.807) is 12.1 Å². The number of aromatic nitrogens is 1. The molecule has 0 bridgehead atoms. The Labute approximate surface area is 163 Å². The predicted octanol–water partition coefficient (Wildman–Crippen LogP) is 4.39. The zero-order chi connectivity index (χ0) is 19.8. The summed E-state index contributed by atoms with van der Waals surface area (Å²) in [5.74, 6) is -0.391. The van der Waals surface area contributed by atoms with Crippen LogP contribution in [0, 0.1) is 20.8 Å². The first-order chi connectivity index (χ1) is 12.6. The minimum atomic E-state index is -3.37. The monoisotopic (exact) mass is 400 g/mol. The summed E-state index contributed by atoms with van der Waals surface area (Å²) < 4.78 is 23.3. The Balaban J connectivity index is 1.84. The van der Waals surface area contributed by atoms with Crippen molar-refractivity contribution in [2.75, 3.05) is 11.6 Å². The molecular weight excluding hydrogens is 380 g/mol. The Hall–Kier alpha value is -2.51. The molecule has 27 heavy (non-hydrogen) atoms. The first-order valence-corrected chi connectivity index (χ1v) is 11.1. The number of carbonyl (C=O) groups excluding carboxylic acids is 1. The van der Waals surface area contributed by atoms with Crippen LogP contribution in [0.4, 0.5) is 5.13 Å². The number of aryl methyl sites for hydroxylation is 3. The van der Waals surface area contributed by atoms with Gasteiger partial charge in [-0.2, -0.15) is 0 Å². The second-order valence-electron chi connectivity index (χ2n) is 6.54. The number of hydrogen-bond donors (Lipinski definition) is 1. The number of carbonyl (C=O) groups is 1. The number of thiazole rings is 1. The van der Waals surface area contributed by atoms with Crippen LogP contribution in [0.25, 0.3) is 11.3 Å². The summed E-state index contributed by atoms with van der Waals surface area (Å²) in [4.78, 5) is 17.1. The lowest BCUT2D eigenvalue weighted by Crippen LogP contribution is -2.12. The molecule has 0 unspecified atom stereocenters. The van der Waals surface area contributed by atoms with Gasteiger partial charge < -0.3 is 0 Å². The zero-order valence-electron chi connectivity index (χ0n) is 15.5. The molecule has 1 aromatic heterocycles. The number of benzene rings is 2. The van der Waals surface area contributed by atoms with Gasteiger partial charge in [-0.25, -0.2) is 13.4 Å². The van der Waals surface area contributed by atoms with E-state index >= 15 is 0 Å². The fourth-order valence-corrected chi connectivity index (χ4v) is 4.10. The highest BCUT2D eigenvalue weighted by atomic mass is 32.2. The van der Waals surface area contributed by atoms with Crippen molar-refractivity contribution < 1.29 is 13.2 Å². The minimum absolute atomic E-state index is 0.112. The molecule has 0 aliphatic heterocycles. The van der Waals surface area contributed by atoms with Gasteiger partial charge in [-0.3, -0.25) is 10.1 Å². The van der Waals surface area contributed by atoms with Crippen LogP contribution < -0.4 is 5.32 Å². The maximum absolute atomic E-state index is 12.5. The number of sulfone groups is 1. The number of hydrogen-bond acceptors (Lipinski definition) is 5. The molecule has 5 nitrogen and oxygen atoms in total. The Morgan fingerprint density at radius 1 is 1.04 bits per heavy atom. The number of anilines is 1. The van der Waals surface area contributed by atoms with Gasteiger partial charge in [0.05, 0.1) is 10.6 Å². The van der Waals surface area contributed by atoms with Gasteiger partial charge in [-0.05, 0) is 61.7 Å². The Morgan fingerprint density at radius 2 is 1.74 bits per heavy atom. The average molecular weight is 401 g/mol. The third-order valence-electron chi connectivity index (χ3n) is 4.37. The lowest BCUT2D eigenvalue weighted by atomic mass is 9.99. The van der Waals surface area contributed by atoms with Crippen molar-refractivity contribution in [2.24, 2.45) is 0 Å². The van der Waals surface area contributed by atoms with E-state index in [0.29, 0.717) is 5.13 Å². The molecule has 3 aromatic rings. The summed E-state index contributed by atoms with van der Waals surface area (Å²) in [6.07, 6.45) is 1.11. The van der Waals surface area contributed by atoms with Crippen molar-refractivity contribution >= 4 is 32.2 Å². The van der Waals surface area contributed by atoms with Gasteiger partial charge >= 0.3 is 0 Å². The zero-order valence-corrected chi connectivity index (χ0v) is 17.2. The van der Waals surface area contributed by atoms with Crippen molar-refractivity contribution in [1.29, 1.82) is 0 Å². The number of rotatable bonds is 4. The van der Waals surface area contributed by atoms with E-state index < -0.39 is 15.7 Å². The summed E-state index contributed by atoms with van der Waals surface area (Å²) in [5, 5.41) is 5.12. The first kappa shape index (κ1) is 19.3. The van der Waals surface area contributed by atoms with Gasteiger partial charge in [0.1, 0.15) is 0 Å². The predicted molar refractivity (Wildman–Crippen MR) is 109 cm³/mol. The van der Waals surface area contributed by atoms with E-state index in [4.69, 9.17) is 0 Å². The quantitative estimate of drug-likeness (QED) is 0.705. The fourth-order valence-electron chi connectivity index (χ4n) is 2.73. The van der Waals surface area contributed by atoms with Crippen LogP contribution in [0.2, 0.25) is 0 Å². The van der Waals surface area contributed by atoms with E-state index in [2.05, 4.69) is 36.3 Å². The Morgan fingerprint density at radius 3 is 2.44 bits per heavy atom. The lowest BCUT2D eigenvalue weighted by molar-refractivity contribution is 0.102. The molecule has 0 saturated heterocycles. The molecule has 0 atom stereocenters. The molecule has 1 amide bonds. The molecule has 1 N–H and O–H groups in total. The molecule has 3 rings (SSSR count). The molecule has 0 aliphatic carbocycles. The molecule has 0 saturated carbocycles. The van der Waals surface area contributed by atoms with Gasteiger partial charge in [0.2, 0.25) is 0 Å². The largest absolute Gasteiger partial charge is 0.298 e. The van der Waals surface area contributed by atoms with Crippen LogP contribution in [0.1, 0.15) is 27.0 Å². The highest BCUT2D eigenvalue weighted by molar-refractivity contribution is 7.90. The molecule has 1 heterocycles. The average Bonchev–Trinajstić information content (AvgIpc) is 3.05. The maximum atomic E-state index is 12.5. The van der Waals surface area contributed by atoms with E-state index in [-0.39, 0.29) is 10.5 Å². The molecule has 0 radical (unpaired) electrons. The van der Waals surface area contributed by atoms with E-state index in [1.165, 1.54) is 34.6 Å². The lowest BCUT2D eigenvalue weighted by Gasteiger charge is -2.07. The third kappa shape index (κ3) is 4.26. The summed E-state index contributed by atoms with van der Waals surface area (Å²) in [7, 11) is -3.37. The van der Waals surface area contributed by atoms with Gasteiger partial charge in [0.15, 0.2) is 15.0 Å². The second-order valence-corrected chi connectivity index (χ2v) is 9.42. The highest BCUT2D eigenvalue weighted by Gasteiger charge is 2.14. The van der Waals surface area contributed by atoms with Crippen molar-refractivity contribution in [3.05, 3.63) is 64.0 Å². The number of amides is 1. The van der Waals surface area contributed by atoms with Gasteiger partial charge in [0.25, 0.3) is 5.91 Å². The SMILES string of the molecule is Cc1cc(C)c(-c2csc(NC(=O)c3cccc(S(C)(=O)=O)c3)n2)cc1C. The summed E-state index contributed by atoms with van der Waals surface area (Å²) in [6, 6.07) is 10.2. The molecule has 7 heteroatoms. The molecular formula is C20H20N2O3S2. The minimum Gasteiger partial charge on any atom is -0.298 e. The molecule has 0 aliphatic rings. The summed E-state index contributed by atoms with van der Waals surface area (Å²) in [6.45, 7) is 6.17. The normalized spacial score (nSPS) is 11.4. The molecule has 0 fully saturated rings. The van der Waals surface area contributed by atoms with Crippen LogP contribution in [-0.2, 0) is 9.84 Å². The Kier molecular flexibility index (Phi) is 5.17. The van der Waals surface area contributed by atoms with Crippen LogP contribution in [0.3, 0.4) is 0 Å². The van der Waals surface area contributed by atoms with Crippen LogP contribution in [0.15, 0.2) is 46.7 Å². The van der Waals surface area contributed by atoms with Gasteiger partial charge in [-0.15, -0.1) is 11.3 Å². The van der Waals surface area contributed by atoms with Crippen LogP contribution in [0.5, 0.6) is 0 Å². The summed E-state index contributed by atoms with van der Waals surface area (Å²) >= 11 is 1.33. The standard InChI is InChI=1S/C20H20N2O3S2/c1-12-8-14(3)17(9-13(12)2)18-11-26-20(21-18)22-19(23)15-6-5-7-16(10-15)27(4,24)25/h5-11H,1-4H3,(H,21,22,23). The number of nitrogens with one attached hydrogen (secondary N) is 1. The maximum Gasteiger partial charge on any atom is 0.257 e. The van der Waals surface area contributed by atoms with Crippen molar-refractivity contribution in [3.63, 3.8) is 0 Å². The van der Waals surface area contributed by atoms with Crippen LogP contribution in [-0.4, -0.2) is 25.6 Å². The number of nitrogens with zero attached hydrogens (tertiary/aromatic N) is 1. The van der Waals surface area contributed by atoms with Crippen molar-refractivity contribution in [2.45, 2.75) is 25.7 Å². The van der Waals surface area contributed by atoms with E-state index in [1.807, 2.05) is 12.3 Å². The van der Waals surface area contributed by atoms with Crippen molar-refractivity contribution in [1.82, 2.24) is 4.98 Å². The summed E-state index contributed by atoms with van der Waals surface area (Å²) in [5.41, 5.74) is 5.66. The fraction of sp³-hybridized carbons (Fsp3) is 0.200. The van der Waals surface area contributed by atoms with Crippen molar-refractivity contribution in [3.8, 4) is 11.3 Å². The third-order valence-corrected chi connectivity index (χ3v) is 6.23. The second kappa shape index (κ2) is 7.25.